The van der Waals surface area contributed by atoms with Gasteiger partial charge < -0.3 is 33.4 Å². The van der Waals surface area contributed by atoms with E-state index in [2.05, 4.69) is 42.1 Å². The van der Waals surface area contributed by atoms with Crippen molar-refractivity contribution < 1.29 is 62.5 Å². The lowest BCUT2D eigenvalue weighted by atomic mass is 9.78. The number of carbonyl (C=O) groups excluding carboxylic acids is 2. The van der Waals surface area contributed by atoms with E-state index >= 15 is 0 Å². The van der Waals surface area contributed by atoms with Gasteiger partial charge >= 0.3 is 25.0 Å². The minimum Gasteiger partial charge on any atom is -0.477 e. The van der Waals surface area contributed by atoms with Crippen LogP contribution in [0.15, 0.2) is 75.9 Å². The minimum atomic E-state index is -1.31. The highest BCUT2D eigenvalue weighted by Gasteiger charge is 2.52. The molecule has 71 heavy (non-hydrogen) atoms. The fraction of sp³-hybridized carbons (Fsp3) is 0.400. The first kappa shape index (κ1) is 53.9. The van der Waals surface area contributed by atoms with Gasteiger partial charge in [-0.25, -0.2) is 14.4 Å². The van der Waals surface area contributed by atoms with Gasteiger partial charge in [-0.15, -0.1) is 0 Å². The molecule has 3 saturated heterocycles. The van der Waals surface area contributed by atoms with Crippen molar-refractivity contribution in [2.75, 3.05) is 39.6 Å². The summed E-state index contributed by atoms with van der Waals surface area (Å²) in [5.74, 6) is -2.44. The first-order valence-electron chi connectivity index (χ1n) is 22.0. The number of carboxylic acid groups (broad SMARTS) is 1. The van der Waals surface area contributed by atoms with Crippen LogP contribution >= 0.6 is 31.9 Å². The number of carbonyl (C=O) groups is 3. The molecule has 0 saturated carbocycles. The third-order valence-corrected chi connectivity index (χ3v) is 12.9. The van der Waals surface area contributed by atoms with Crippen molar-refractivity contribution in [1.29, 1.82) is 0 Å². The van der Waals surface area contributed by atoms with Crippen molar-refractivity contribution in [1.82, 2.24) is 19.6 Å². The maximum absolute atomic E-state index is 12.7. The lowest BCUT2D eigenvalue weighted by molar-refractivity contribution is -0.385. The topological polar surface area (TPSA) is 292 Å². The van der Waals surface area contributed by atoms with E-state index in [-0.39, 0.29) is 58.9 Å². The molecule has 5 heterocycles. The predicted octanol–water partition coefficient (Wildman–Crippen LogP) is 8.31. The average molecular weight is 1110 g/mol. The van der Waals surface area contributed by atoms with E-state index in [1.54, 1.807) is 47.5 Å². The SMILES string of the molecule is CCOC(=O)c1cnn([C@H]2CCOC2)c1-c1ccc(B2OC(C)(C)C(C)(C)O2)cc1[N+](=O)[O-].CCOC(=O)c1cnn([C@H]2CCOC2)c1-c1ccc(Br)cc1[N+](=O)[O-].O=C(O)c1ccc(Br)cc1[N+](=O)[O-]. The van der Waals surface area contributed by atoms with Crippen molar-refractivity contribution in [2.45, 2.75) is 77.7 Å². The summed E-state index contributed by atoms with van der Waals surface area (Å²) in [6.45, 7) is 13.5. The summed E-state index contributed by atoms with van der Waals surface area (Å²) in [5.41, 5.74) is 0.0558. The number of hydrogen-bond acceptors (Lipinski definition) is 17. The van der Waals surface area contributed by atoms with Crippen LogP contribution in [0.4, 0.5) is 17.1 Å². The number of nitro benzene ring substituents is 3. The van der Waals surface area contributed by atoms with Gasteiger partial charge in [0.05, 0.1) is 99.4 Å². The second-order valence-electron chi connectivity index (χ2n) is 16.9. The van der Waals surface area contributed by atoms with Crippen LogP contribution in [-0.2, 0) is 28.3 Å². The Bertz CT molecular complexity index is 2830. The molecule has 376 valence electrons. The van der Waals surface area contributed by atoms with Crippen LogP contribution in [0.1, 0.15) is 97.5 Å². The largest absolute Gasteiger partial charge is 0.495 e. The molecule has 3 aliphatic heterocycles. The van der Waals surface area contributed by atoms with E-state index in [4.69, 9.17) is 33.4 Å². The highest BCUT2D eigenvalue weighted by molar-refractivity contribution is 9.10. The standard InChI is InChI=1S/C22H28BN3O7.C16H16BrN3O5.C7H4BrNO4/c1-6-31-20(27)17-12-24-25(15-9-10-30-13-15)19(17)16-8-7-14(11-18(16)26(28)29)23-32-21(2,3)22(4,5)33-23;1-2-25-16(21)13-8-18-19(11-5-6-24-9-11)15(13)12-4-3-10(17)7-14(12)20(22)23;8-4-1-2-5(7(10)11)6(3-4)9(12)13/h7-8,11-12,15H,6,9-10,13H2,1-5H3;3-4,7-8,11H,2,5-6,9H2,1H3;1-3H,(H,10,11)/t15-;11-;/m00./s1. The van der Waals surface area contributed by atoms with Crippen LogP contribution in [0.2, 0.25) is 0 Å². The monoisotopic (exact) mass is 1110 g/mol. The summed E-state index contributed by atoms with van der Waals surface area (Å²) in [6.07, 6.45) is 4.22. The first-order chi connectivity index (χ1) is 33.6. The number of benzene rings is 3. The maximum Gasteiger partial charge on any atom is 0.495 e. The van der Waals surface area contributed by atoms with Gasteiger partial charge in [0.1, 0.15) is 16.7 Å². The van der Waals surface area contributed by atoms with Gasteiger partial charge in [-0.05, 0) is 90.2 Å². The Morgan fingerprint density at radius 3 is 1.52 bits per heavy atom. The zero-order valence-electron chi connectivity index (χ0n) is 39.2. The van der Waals surface area contributed by atoms with Gasteiger partial charge in [0, 0.05) is 40.4 Å². The van der Waals surface area contributed by atoms with Crippen LogP contribution in [0, 0.1) is 30.3 Å². The maximum atomic E-state index is 12.7. The van der Waals surface area contributed by atoms with Crippen molar-refractivity contribution in [3.05, 3.63) is 123 Å². The molecule has 0 bridgehead atoms. The van der Waals surface area contributed by atoms with E-state index in [0.717, 1.165) is 12.5 Å². The summed E-state index contributed by atoms with van der Waals surface area (Å²) in [7, 11) is -0.750. The Kier molecular flexibility index (Phi) is 17.3. The second-order valence-corrected chi connectivity index (χ2v) is 18.8. The number of aromatic carboxylic acids is 1. The van der Waals surface area contributed by atoms with Crippen LogP contribution in [0.25, 0.3) is 22.5 Å². The molecule has 23 nitrogen and oxygen atoms in total. The Morgan fingerprint density at radius 2 is 1.11 bits per heavy atom. The molecule has 0 unspecified atom stereocenters. The van der Waals surface area contributed by atoms with Gasteiger partial charge in [-0.1, -0.05) is 37.9 Å². The Morgan fingerprint density at radius 1 is 0.690 bits per heavy atom. The molecular formula is C45H48BBr2N7O16. The molecule has 1 N–H and O–H groups in total. The molecule has 0 amide bonds. The van der Waals surface area contributed by atoms with Crippen molar-refractivity contribution in [3.8, 4) is 22.5 Å². The highest BCUT2D eigenvalue weighted by Crippen LogP contribution is 2.40. The van der Waals surface area contributed by atoms with Crippen LogP contribution in [-0.4, -0.2) is 115 Å². The van der Waals surface area contributed by atoms with Gasteiger partial charge in [0.15, 0.2) is 0 Å². The normalized spacial score (nSPS) is 17.6. The molecule has 3 fully saturated rings. The first-order valence-corrected chi connectivity index (χ1v) is 23.6. The summed E-state index contributed by atoms with van der Waals surface area (Å²) in [5, 5.41) is 51.3. The van der Waals surface area contributed by atoms with E-state index in [1.807, 2.05) is 27.7 Å². The smallest absolute Gasteiger partial charge is 0.477 e. The number of nitrogens with zero attached hydrogens (tertiary/aromatic N) is 7. The van der Waals surface area contributed by atoms with Crippen molar-refractivity contribution in [2.24, 2.45) is 0 Å². The van der Waals surface area contributed by atoms with E-state index < -0.39 is 56.7 Å². The quantitative estimate of drug-likeness (QED) is 0.0501. The number of carboxylic acids is 1. The average Bonchev–Trinajstić information content (AvgIpc) is 4.17. The van der Waals surface area contributed by atoms with Crippen LogP contribution < -0.4 is 5.46 Å². The zero-order chi connectivity index (χ0) is 51.9. The van der Waals surface area contributed by atoms with Crippen LogP contribution in [0.5, 0.6) is 0 Å². The molecule has 0 aliphatic carbocycles. The van der Waals surface area contributed by atoms with Crippen molar-refractivity contribution in [3.63, 3.8) is 0 Å². The molecule has 8 rings (SSSR count). The fourth-order valence-electron chi connectivity index (χ4n) is 7.68. The Labute approximate surface area is 422 Å². The third kappa shape index (κ3) is 12.0. The van der Waals surface area contributed by atoms with Gasteiger partial charge in [-0.2, -0.15) is 10.2 Å². The number of ether oxygens (including phenoxy) is 4. The number of rotatable bonds is 13. The van der Waals surface area contributed by atoms with E-state index in [0.29, 0.717) is 64.2 Å². The summed E-state index contributed by atoms with van der Waals surface area (Å²) < 4.78 is 37.6. The van der Waals surface area contributed by atoms with Gasteiger partial charge in [-0.3, -0.25) is 39.7 Å². The van der Waals surface area contributed by atoms with E-state index in [1.165, 1.54) is 36.7 Å². The number of aromatic nitrogens is 4. The third-order valence-electron chi connectivity index (χ3n) is 11.9. The molecule has 3 aliphatic rings. The van der Waals surface area contributed by atoms with Crippen molar-refractivity contribution >= 4 is 79.4 Å². The van der Waals surface area contributed by atoms with Gasteiger partial charge in [0.25, 0.3) is 17.1 Å². The number of nitro groups is 3. The summed E-state index contributed by atoms with van der Waals surface area (Å²) in [4.78, 5) is 67.9. The predicted molar refractivity (Wildman–Crippen MR) is 261 cm³/mol. The molecule has 0 spiro atoms. The zero-order valence-corrected chi connectivity index (χ0v) is 42.4. The number of esters is 2. The molecule has 5 aromatic rings. The fourth-order valence-corrected chi connectivity index (χ4v) is 8.38. The number of hydrogen-bond donors (Lipinski definition) is 1. The lowest BCUT2D eigenvalue weighted by Crippen LogP contribution is -2.41. The Hall–Kier alpha value is -6.45. The molecule has 3 aromatic carbocycles. The Balaban J connectivity index is 0.000000191. The molecule has 2 aromatic heterocycles. The van der Waals surface area contributed by atoms with E-state index in [9.17, 15) is 44.7 Å². The summed E-state index contributed by atoms with van der Waals surface area (Å²) in [6, 6.07) is 13.1. The molecule has 2 atom stereocenters. The molecule has 0 radical (unpaired) electrons. The van der Waals surface area contributed by atoms with Crippen LogP contribution in [0.3, 0.4) is 0 Å². The van der Waals surface area contributed by atoms with Gasteiger partial charge in [0.2, 0.25) is 0 Å². The lowest BCUT2D eigenvalue weighted by Gasteiger charge is -2.32. The number of halogens is 2. The second kappa shape index (κ2) is 22.8. The molecular weight excluding hydrogens is 1070 g/mol. The molecule has 26 heteroatoms. The minimum absolute atomic E-state index is 0.0820. The summed E-state index contributed by atoms with van der Waals surface area (Å²) >= 11 is 6.26. The highest BCUT2D eigenvalue weighted by atomic mass is 79.9.